The summed E-state index contributed by atoms with van der Waals surface area (Å²) >= 11 is 0. The number of hydrogen-bond acceptors (Lipinski definition) is 4. The van der Waals surface area contributed by atoms with Gasteiger partial charge in [0.15, 0.2) is 11.6 Å². The maximum absolute atomic E-state index is 5.95. The lowest BCUT2D eigenvalue weighted by Gasteiger charge is -2.04. The Balaban J connectivity index is 2.25. The molecule has 2 N–H and O–H groups in total. The molecule has 96 valence electrons. The van der Waals surface area contributed by atoms with Gasteiger partial charge in [0, 0.05) is 5.39 Å². The average Bonchev–Trinajstić information content (AvgIpc) is 2.79. The fourth-order valence-electron chi connectivity index (χ4n) is 2.13. The molecule has 4 heteroatoms. The first-order chi connectivity index (χ1) is 9.06. The van der Waals surface area contributed by atoms with Crippen LogP contribution in [0.15, 0.2) is 28.7 Å². The predicted octanol–water partition coefficient (Wildman–Crippen LogP) is 3.40. The molecule has 2 heterocycles. The normalized spacial score (nSPS) is 11.1. The van der Waals surface area contributed by atoms with Crippen molar-refractivity contribution < 1.29 is 4.42 Å². The maximum atomic E-state index is 5.95. The van der Waals surface area contributed by atoms with Gasteiger partial charge < -0.3 is 10.2 Å². The number of benzene rings is 1. The van der Waals surface area contributed by atoms with Gasteiger partial charge >= 0.3 is 0 Å². The highest BCUT2D eigenvalue weighted by Gasteiger charge is 2.14. The van der Waals surface area contributed by atoms with Crippen LogP contribution in [0.25, 0.3) is 22.4 Å². The molecule has 0 radical (unpaired) electrons. The van der Waals surface area contributed by atoms with E-state index in [4.69, 9.17) is 10.2 Å². The Labute approximate surface area is 111 Å². The molecule has 0 aliphatic rings. The van der Waals surface area contributed by atoms with Crippen LogP contribution in [-0.4, -0.2) is 9.97 Å². The number of nitrogens with zero attached hydrogens (tertiary/aromatic N) is 2. The van der Waals surface area contributed by atoms with Gasteiger partial charge in [-0.05, 0) is 32.4 Å². The van der Waals surface area contributed by atoms with E-state index in [-0.39, 0.29) is 0 Å². The van der Waals surface area contributed by atoms with Crippen LogP contribution >= 0.6 is 0 Å². The standard InChI is InChI=1S/C15H15N3O/c1-8-5-4-6-11-7-12(19-14(8)11)13-15(16)18-10(3)9(2)17-13/h4-7H,1-3H3,(H2,16,18). The molecule has 0 aliphatic carbocycles. The molecule has 1 aromatic carbocycles. The number of nitrogen functional groups attached to an aromatic ring is 1. The quantitative estimate of drug-likeness (QED) is 0.721. The minimum Gasteiger partial charge on any atom is -0.454 e. The molecule has 19 heavy (non-hydrogen) atoms. The van der Waals surface area contributed by atoms with Gasteiger partial charge in [-0.3, -0.25) is 0 Å². The SMILES string of the molecule is Cc1nc(N)c(-c2cc3cccc(C)c3o2)nc1C. The number of aryl methyl sites for hydroxylation is 3. The summed E-state index contributed by atoms with van der Waals surface area (Å²) in [6.45, 7) is 5.83. The Kier molecular flexibility index (Phi) is 2.52. The number of nitrogens with two attached hydrogens (primary N) is 1. The predicted molar refractivity (Wildman–Crippen MR) is 75.9 cm³/mol. The van der Waals surface area contributed by atoms with Crippen LogP contribution in [0.3, 0.4) is 0 Å². The highest BCUT2D eigenvalue weighted by Crippen LogP contribution is 2.31. The van der Waals surface area contributed by atoms with Crippen molar-refractivity contribution >= 4 is 16.8 Å². The minimum atomic E-state index is 0.403. The molecule has 0 unspecified atom stereocenters. The zero-order valence-electron chi connectivity index (χ0n) is 11.2. The largest absolute Gasteiger partial charge is 0.454 e. The molecular weight excluding hydrogens is 238 g/mol. The first-order valence-electron chi connectivity index (χ1n) is 6.16. The zero-order valence-corrected chi connectivity index (χ0v) is 11.2. The zero-order chi connectivity index (χ0) is 13.6. The molecule has 3 aromatic rings. The van der Waals surface area contributed by atoms with Crippen LogP contribution in [0.5, 0.6) is 0 Å². The van der Waals surface area contributed by atoms with Gasteiger partial charge in [-0.15, -0.1) is 0 Å². The minimum absolute atomic E-state index is 0.403. The molecule has 0 saturated carbocycles. The summed E-state index contributed by atoms with van der Waals surface area (Å²) in [6.07, 6.45) is 0. The van der Waals surface area contributed by atoms with Crippen LogP contribution < -0.4 is 5.73 Å². The first kappa shape index (κ1) is 11.7. The number of para-hydroxylation sites is 1. The monoisotopic (exact) mass is 253 g/mol. The van der Waals surface area contributed by atoms with Crippen LogP contribution in [0.2, 0.25) is 0 Å². The number of anilines is 1. The summed E-state index contributed by atoms with van der Waals surface area (Å²) in [7, 11) is 0. The van der Waals surface area contributed by atoms with Gasteiger partial charge in [0.05, 0.1) is 11.4 Å². The van der Waals surface area contributed by atoms with Gasteiger partial charge in [0.25, 0.3) is 0 Å². The third-order valence-corrected chi connectivity index (χ3v) is 3.31. The lowest BCUT2D eigenvalue weighted by molar-refractivity contribution is 0.625. The van der Waals surface area contributed by atoms with E-state index in [1.165, 1.54) is 0 Å². The molecule has 0 aliphatic heterocycles. The van der Waals surface area contributed by atoms with E-state index in [9.17, 15) is 0 Å². The van der Waals surface area contributed by atoms with E-state index in [1.54, 1.807) is 0 Å². The number of fused-ring (bicyclic) bond motifs is 1. The fourth-order valence-corrected chi connectivity index (χ4v) is 2.13. The second kappa shape index (κ2) is 4.09. The van der Waals surface area contributed by atoms with Crippen molar-refractivity contribution in [3.05, 3.63) is 41.2 Å². The van der Waals surface area contributed by atoms with Crippen LogP contribution in [0.1, 0.15) is 17.0 Å². The smallest absolute Gasteiger partial charge is 0.157 e. The van der Waals surface area contributed by atoms with Crippen molar-refractivity contribution in [1.82, 2.24) is 9.97 Å². The van der Waals surface area contributed by atoms with E-state index in [2.05, 4.69) is 9.97 Å². The van der Waals surface area contributed by atoms with Gasteiger partial charge in [0.2, 0.25) is 0 Å². The Morgan fingerprint density at radius 2 is 1.79 bits per heavy atom. The van der Waals surface area contributed by atoms with Gasteiger partial charge in [-0.25, -0.2) is 9.97 Å². The van der Waals surface area contributed by atoms with Gasteiger partial charge in [-0.2, -0.15) is 0 Å². The third-order valence-electron chi connectivity index (χ3n) is 3.31. The molecule has 0 fully saturated rings. The van der Waals surface area contributed by atoms with E-state index < -0.39 is 0 Å². The first-order valence-corrected chi connectivity index (χ1v) is 6.16. The topological polar surface area (TPSA) is 64.9 Å². The van der Waals surface area contributed by atoms with Crippen LogP contribution in [-0.2, 0) is 0 Å². The Morgan fingerprint density at radius 3 is 2.53 bits per heavy atom. The van der Waals surface area contributed by atoms with Crippen molar-refractivity contribution in [3.8, 4) is 11.5 Å². The molecule has 0 atom stereocenters. The van der Waals surface area contributed by atoms with E-state index in [1.807, 2.05) is 45.0 Å². The van der Waals surface area contributed by atoms with Crippen LogP contribution in [0, 0.1) is 20.8 Å². The Morgan fingerprint density at radius 1 is 1.05 bits per heavy atom. The summed E-state index contributed by atoms with van der Waals surface area (Å²) in [4.78, 5) is 8.78. The van der Waals surface area contributed by atoms with Crippen molar-refractivity contribution in [2.45, 2.75) is 20.8 Å². The molecule has 0 amide bonds. The molecule has 4 nitrogen and oxygen atoms in total. The van der Waals surface area contributed by atoms with Crippen molar-refractivity contribution in [2.24, 2.45) is 0 Å². The number of rotatable bonds is 1. The fraction of sp³-hybridized carbons (Fsp3) is 0.200. The summed E-state index contributed by atoms with van der Waals surface area (Å²) in [5.74, 6) is 1.07. The summed E-state index contributed by atoms with van der Waals surface area (Å²) in [5, 5.41) is 1.05. The highest BCUT2D eigenvalue weighted by atomic mass is 16.3. The lowest BCUT2D eigenvalue weighted by atomic mass is 10.2. The molecule has 3 rings (SSSR count). The second-order valence-corrected chi connectivity index (χ2v) is 4.73. The second-order valence-electron chi connectivity index (χ2n) is 4.73. The Hall–Kier alpha value is -2.36. The summed E-state index contributed by atoms with van der Waals surface area (Å²) in [5.41, 5.74) is 10.2. The third kappa shape index (κ3) is 1.85. The molecular formula is C15H15N3O. The highest BCUT2D eigenvalue weighted by molar-refractivity contribution is 5.85. The van der Waals surface area contributed by atoms with Crippen LogP contribution in [0.4, 0.5) is 5.82 Å². The van der Waals surface area contributed by atoms with Crippen molar-refractivity contribution in [1.29, 1.82) is 0 Å². The van der Waals surface area contributed by atoms with E-state index in [0.717, 1.165) is 27.9 Å². The summed E-state index contributed by atoms with van der Waals surface area (Å²) in [6, 6.07) is 7.99. The Bertz CT molecular complexity index is 774. The summed E-state index contributed by atoms with van der Waals surface area (Å²) < 4.78 is 5.88. The molecule has 0 spiro atoms. The molecule has 2 aromatic heterocycles. The maximum Gasteiger partial charge on any atom is 0.157 e. The van der Waals surface area contributed by atoms with E-state index in [0.29, 0.717) is 17.3 Å². The van der Waals surface area contributed by atoms with E-state index >= 15 is 0 Å². The van der Waals surface area contributed by atoms with Gasteiger partial charge in [-0.1, -0.05) is 18.2 Å². The van der Waals surface area contributed by atoms with Crippen molar-refractivity contribution in [2.75, 3.05) is 5.73 Å². The average molecular weight is 253 g/mol. The van der Waals surface area contributed by atoms with Gasteiger partial charge in [0.1, 0.15) is 11.3 Å². The number of furan rings is 1. The number of hydrogen-bond donors (Lipinski definition) is 1. The van der Waals surface area contributed by atoms with Crippen molar-refractivity contribution in [3.63, 3.8) is 0 Å². The molecule has 0 saturated heterocycles. The lowest BCUT2D eigenvalue weighted by Crippen LogP contribution is -2.01. The molecule has 0 bridgehead atoms. The number of aromatic nitrogens is 2.